The fourth-order valence-electron chi connectivity index (χ4n) is 4.29. The zero-order valence-electron chi connectivity index (χ0n) is 17.3. The number of amides is 3. The summed E-state index contributed by atoms with van der Waals surface area (Å²) >= 11 is 6.12. The van der Waals surface area contributed by atoms with E-state index in [-0.39, 0.29) is 23.6 Å². The van der Waals surface area contributed by atoms with Crippen LogP contribution >= 0.6 is 11.6 Å². The molecular weight excluding hydrogens is 414 g/mol. The molecule has 0 radical (unpaired) electrons. The van der Waals surface area contributed by atoms with E-state index in [1.54, 1.807) is 23.1 Å². The molecule has 6 nitrogen and oxygen atoms in total. The summed E-state index contributed by atoms with van der Waals surface area (Å²) < 4.78 is 0. The maximum absolute atomic E-state index is 12.9. The van der Waals surface area contributed by atoms with Crippen LogP contribution in [0.1, 0.15) is 54.4 Å². The van der Waals surface area contributed by atoms with Crippen molar-refractivity contribution in [2.24, 2.45) is 5.92 Å². The van der Waals surface area contributed by atoms with Crippen molar-refractivity contribution in [1.82, 2.24) is 5.32 Å². The van der Waals surface area contributed by atoms with E-state index in [0.717, 1.165) is 43.4 Å². The number of hydrogen-bond donors (Lipinski definition) is 2. The predicted octanol–water partition coefficient (Wildman–Crippen LogP) is 4.53. The van der Waals surface area contributed by atoms with Crippen LogP contribution in [0.15, 0.2) is 42.5 Å². The minimum absolute atomic E-state index is 0.00187. The minimum Gasteiger partial charge on any atom is -0.348 e. The molecule has 2 aromatic carbocycles. The van der Waals surface area contributed by atoms with Crippen molar-refractivity contribution >= 4 is 40.7 Å². The van der Waals surface area contributed by atoms with Gasteiger partial charge < -0.3 is 15.5 Å². The molecule has 4 rings (SSSR count). The lowest BCUT2D eigenvalue weighted by molar-refractivity contribution is -0.119. The fraction of sp³-hybridized carbons (Fsp3) is 0.375. The highest BCUT2D eigenvalue weighted by Crippen LogP contribution is 2.29. The largest absolute Gasteiger partial charge is 0.348 e. The monoisotopic (exact) mass is 439 g/mol. The third-order valence-corrected chi connectivity index (χ3v) is 6.18. The first-order valence-corrected chi connectivity index (χ1v) is 11.2. The molecule has 1 saturated carbocycles. The molecule has 0 atom stereocenters. The Morgan fingerprint density at radius 1 is 1.06 bits per heavy atom. The minimum atomic E-state index is -0.272. The Balaban J connectivity index is 1.42. The Bertz CT molecular complexity index is 1000. The molecule has 0 bridgehead atoms. The van der Waals surface area contributed by atoms with Gasteiger partial charge in [-0.2, -0.15) is 0 Å². The van der Waals surface area contributed by atoms with Crippen molar-refractivity contribution in [3.05, 3.63) is 58.6 Å². The van der Waals surface area contributed by atoms with Gasteiger partial charge in [0.1, 0.15) is 0 Å². The van der Waals surface area contributed by atoms with E-state index in [2.05, 4.69) is 10.6 Å². The highest BCUT2D eigenvalue weighted by molar-refractivity contribution is 6.31. The number of nitrogens with zero attached hydrogens (tertiary/aromatic N) is 1. The van der Waals surface area contributed by atoms with E-state index in [4.69, 9.17) is 11.6 Å². The van der Waals surface area contributed by atoms with Crippen LogP contribution in [0.3, 0.4) is 0 Å². The molecular formula is C24H26ClN3O3. The first kappa shape index (κ1) is 21.4. The van der Waals surface area contributed by atoms with Crippen LogP contribution in [0.4, 0.5) is 11.4 Å². The molecule has 7 heteroatoms. The van der Waals surface area contributed by atoms with Crippen molar-refractivity contribution in [3.63, 3.8) is 0 Å². The number of anilines is 2. The van der Waals surface area contributed by atoms with E-state index < -0.39 is 0 Å². The Morgan fingerprint density at radius 2 is 1.87 bits per heavy atom. The molecule has 1 aliphatic heterocycles. The molecule has 31 heavy (non-hydrogen) atoms. The van der Waals surface area contributed by atoms with Crippen LogP contribution in [-0.2, 0) is 16.1 Å². The number of hydrogen-bond acceptors (Lipinski definition) is 3. The predicted molar refractivity (Wildman–Crippen MR) is 121 cm³/mol. The fourth-order valence-corrected chi connectivity index (χ4v) is 4.46. The molecule has 0 unspecified atom stereocenters. The van der Waals surface area contributed by atoms with Crippen molar-refractivity contribution in [2.45, 2.75) is 45.1 Å². The molecule has 2 aliphatic rings. The van der Waals surface area contributed by atoms with E-state index in [0.29, 0.717) is 35.8 Å². The lowest BCUT2D eigenvalue weighted by Gasteiger charge is -2.20. The van der Waals surface area contributed by atoms with Crippen LogP contribution in [-0.4, -0.2) is 24.3 Å². The van der Waals surface area contributed by atoms with Crippen LogP contribution in [0, 0.1) is 5.92 Å². The first-order valence-electron chi connectivity index (χ1n) is 10.8. The summed E-state index contributed by atoms with van der Waals surface area (Å²) in [5.74, 6) is -0.103. The van der Waals surface area contributed by atoms with Crippen LogP contribution in [0.5, 0.6) is 0 Å². The smallest absolute Gasteiger partial charge is 0.253 e. The summed E-state index contributed by atoms with van der Waals surface area (Å²) in [5, 5.41) is 6.39. The Kier molecular flexibility index (Phi) is 6.56. The molecule has 0 aromatic heterocycles. The third kappa shape index (κ3) is 5.07. The van der Waals surface area contributed by atoms with Crippen LogP contribution < -0.4 is 15.5 Å². The van der Waals surface area contributed by atoms with Gasteiger partial charge >= 0.3 is 0 Å². The molecule has 0 spiro atoms. The molecule has 3 amide bonds. The second-order valence-corrected chi connectivity index (χ2v) is 8.60. The zero-order chi connectivity index (χ0) is 21.8. The van der Waals surface area contributed by atoms with E-state index in [1.807, 2.05) is 24.3 Å². The normalized spacial score (nSPS) is 16.5. The van der Waals surface area contributed by atoms with Crippen molar-refractivity contribution in [2.75, 3.05) is 16.8 Å². The topological polar surface area (TPSA) is 78.5 Å². The number of rotatable bonds is 6. The molecule has 1 saturated heterocycles. The number of carbonyl (C=O) groups excluding carboxylic acids is 3. The van der Waals surface area contributed by atoms with Crippen LogP contribution in [0.2, 0.25) is 5.02 Å². The summed E-state index contributed by atoms with van der Waals surface area (Å²) in [6, 6.07) is 12.5. The quantitative estimate of drug-likeness (QED) is 0.694. The van der Waals surface area contributed by atoms with Gasteiger partial charge in [0, 0.05) is 36.1 Å². The maximum Gasteiger partial charge on any atom is 0.253 e. The molecule has 162 valence electrons. The van der Waals surface area contributed by atoms with E-state index in [9.17, 15) is 14.4 Å². The van der Waals surface area contributed by atoms with Crippen molar-refractivity contribution in [3.8, 4) is 0 Å². The summed E-state index contributed by atoms with van der Waals surface area (Å²) in [6.45, 7) is 0.893. The van der Waals surface area contributed by atoms with Crippen LogP contribution in [0.25, 0.3) is 0 Å². The van der Waals surface area contributed by atoms with Gasteiger partial charge in [-0.3, -0.25) is 14.4 Å². The van der Waals surface area contributed by atoms with Gasteiger partial charge in [0.2, 0.25) is 11.8 Å². The third-order valence-electron chi connectivity index (χ3n) is 5.94. The number of nitrogens with one attached hydrogen (secondary N) is 2. The highest BCUT2D eigenvalue weighted by Gasteiger charge is 2.26. The first-order chi connectivity index (χ1) is 15.0. The molecule has 2 aromatic rings. The molecule has 1 heterocycles. The lowest BCUT2D eigenvalue weighted by Crippen LogP contribution is -2.29. The molecule has 1 aliphatic carbocycles. The second kappa shape index (κ2) is 9.52. The van der Waals surface area contributed by atoms with Gasteiger partial charge in [-0.25, -0.2) is 0 Å². The second-order valence-electron chi connectivity index (χ2n) is 8.16. The number of benzene rings is 2. The SMILES string of the molecule is O=C(NCc1cccc(NC(=O)C2CCCC2)c1)c1ccc(Cl)cc1N1CCCC1=O. The van der Waals surface area contributed by atoms with Gasteiger partial charge in [0.15, 0.2) is 0 Å². The van der Waals surface area contributed by atoms with Gasteiger partial charge in [-0.15, -0.1) is 0 Å². The molecule has 2 N–H and O–H groups in total. The summed E-state index contributed by atoms with van der Waals surface area (Å²) in [7, 11) is 0. The number of carbonyl (C=O) groups is 3. The van der Waals surface area contributed by atoms with Gasteiger partial charge in [0.05, 0.1) is 11.3 Å². The van der Waals surface area contributed by atoms with Gasteiger partial charge in [-0.05, 0) is 55.2 Å². The maximum atomic E-state index is 12.9. The van der Waals surface area contributed by atoms with E-state index >= 15 is 0 Å². The Labute approximate surface area is 187 Å². The van der Waals surface area contributed by atoms with Gasteiger partial charge in [0.25, 0.3) is 5.91 Å². The van der Waals surface area contributed by atoms with Crippen molar-refractivity contribution in [1.29, 1.82) is 0 Å². The molecule has 2 fully saturated rings. The summed E-state index contributed by atoms with van der Waals surface area (Å²) in [6.07, 6.45) is 5.37. The van der Waals surface area contributed by atoms with Gasteiger partial charge in [-0.1, -0.05) is 36.6 Å². The summed E-state index contributed by atoms with van der Waals surface area (Å²) in [4.78, 5) is 39.1. The zero-order valence-corrected chi connectivity index (χ0v) is 18.1. The highest BCUT2D eigenvalue weighted by atomic mass is 35.5. The summed E-state index contributed by atoms with van der Waals surface area (Å²) in [5.41, 5.74) is 2.58. The average molecular weight is 440 g/mol. The Hall–Kier alpha value is -2.86. The Morgan fingerprint density at radius 3 is 2.61 bits per heavy atom. The average Bonchev–Trinajstić information content (AvgIpc) is 3.44. The number of halogens is 1. The van der Waals surface area contributed by atoms with Crippen molar-refractivity contribution < 1.29 is 14.4 Å². The lowest BCUT2D eigenvalue weighted by atomic mass is 10.1. The standard InChI is InChI=1S/C24H26ClN3O3/c25-18-10-11-20(21(14-18)28-12-4-9-22(28)29)24(31)26-15-16-5-3-8-19(13-16)27-23(30)17-6-1-2-7-17/h3,5,8,10-11,13-14,17H,1-2,4,6-7,9,12,15H2,(H,26,31)(H,27,30). The van der Waals surface area contributed by atoms with E-state index in [1.165, 1.54) is 0 Å².